The number of benzene rings is 1. The van der Waals surface area contributed by atoms with Crippen molar-refractivity contribution in [2.45, 2.75) is 64.1 Å². The van der Waals surface area contributed by atoms with E-state index in [-0.39, 0.29) is 0 Å². The summed E-state index contributed by atoms with van der Waals surface area (Å²) in [5.74, 6) is 0.862. The maximum atomic E-state index is 13.1. The van der Waals surface area contributed by atoms with E-state index in [9.17, 15) is 4.79 Å². The van der Waals surface area contributed by atoms with Crippen molar-refractivity contribution >= 4 is 17.2 Å². The fourth-order valence-electron chi connectivity index (χ4n) is 4.10. The van der Waals surface area contributed by atoms with Gasteiger partial charge in [-0.05, 0) is 54.2 Å². The van der Waals surface area contributed by atoms with Gasteiger partial charge in [-0.3, -0.25) is 9.69 Å². The third kappa shape index (κ3) is 4.44. The molecule has 0 spiro atoms. The summed E-state index contributed by atoms with van der Waals surface area (Å²) in [6, 6.07) is 14.1. The number of hydrogen-bond acceptors (Lipinski definition) is 3. The molecule has 1 amide bonds. The first kappa shape index (κ1) is 18.7. The van der Waals surface area contributed by atoms with E-state index in [0.717, 1.165) is 25.9 Å². The summed E-state index contributed by atoms with van der Waals surface area (Å²) < 4.78 is 0. The van der Waals surface area contributed by atoms with Gasteiger partial charge in [0, 0.05) is 24.0 Å². The molecule has 1 aromatic carbocycles. The topological polar surface area (TPSA) is 23.6 Å². The summed E-state index contributed by atoms with van der Waals surface area (Å²) >= 11 is 1.78. The fourth-order valence-corrected chi connectivity index (χ4v) is 4.98. The number of likely N-dealkylation sites (tertiary alicyclic amines) is 1. The van der Waals surface area contributed by atoms with E-state index in [1.165, 1.54) is 28.8 Å². The molecule has 3 nitrogen and oxygen atoms in total. The van der Waals surface area contributed by atoms with Gasteiger partial charge in [0.05, 0.1) is 12.6 Å². The normalized spacial score (nSPS) is 20.0. The Balaban J connectivity index is 1.41. The number of carbonyl (C=O) groups excluding carboxylic acids is 1. The van der Waals surface area contributed by atoms with Gasteiger partial charge in [-0.15, -0.1) is 11.3 Å². The Morgan fingerprint density at radius 2 is 1.96 bits per heavy atom. The van der Waals surface area contributed by atoms with Crippen molar-refractivity contribution in [1.29, 1.82) is 0 Å². The zero-order valence-electron chi connectivity index (χ0n) is 16.4. The van der Waals surface area contributed by atoms with Crippen LogP contribution in [0.5, 0.6) is 0 Å². The molecular formula is C23H30N2OS. The first-order valence-corrected chi connectivity index (χ1v) is 11.2. The van der Waals surface area contributed by atoms with Crippen LogP contribution < -0.4 is 0 Å². The molecular weight excluding hydrogens is 352 g/mol. The Kier molecular flexibility index (Phi) is 5.65. The van der Waals surface area contributed by atoms with Gasteiger partial charge >= 0.3 is 0 Å². The van der Waals surface area contributed by atoms with E-state index < -0.39 is 0 Å². The van der Waals surface area contributed by atoms with Crippen LogP contribution in [-0.4, -0.2) is 34.8 Å². The molecule has 144 valence electrons. The highest BCUT2D eigenvalue weighted by Gasteiger charge is 2.35. The maximum absolute atomic E-state index is 13.1. The Hall–Kier alpha value is -1.65. The minimum Gasteiger partial charge on any atom is -0.334 e. The molecule has 1 saturated carbocycles. The molecule has 1 saturated heterocycles. The van der Waals surface area contributed by atoms with Gasteiger partial charge in [0.25, 0.3) is 0 Å². The van der Waals surface area contributed by atoms with Crippen LogP contribution in [0.25, 0.3) is 0 Å². The lowest BCUT2D eigenvalue weighted by Crippen LogP contribution is -2.40. The molecule has 4 rings (SSSR count). The zero-order valence-corrected chi connectivity index (χ0v) is 17.3. The van der Waals surface area contributed by atoms with Crippen LogP contribution in [0.3, 0.4) is 0 Å². The monoisotopic (exact) mass is 382 g/mol. The van der Waals surface area contributed by atoms with E-state index >= 15 is 0 Å². The smallest absolute Gasteiger partial charge is 0.237 e. The lowest BCUT2D eigenvalue weighted by Gasteiger charge is -2.28. The third-order valence-electron chi connectivity index (χ3n) is 5.88. The predicted molar refractivity (Wildman–Crippen MR) is 112 cm³/mol. The van der Waals surface area contributed by atoms with Crippen LogP contribution in [0.2, 0.25) is 0 Å². The largest absolute Gasteiger partial charge is 0.334 e. The van der Waals surface area contributed by atoms with Crippen molar-refractivity contribution < 1.29 is 4.79 Å². The molecule has 2 aromatic rings. The minimum atomic E-state index is 0.295. The molecule has 1 aliphatic carbocycles. The fraction of sp³-hybridized carbons (Fsp3) is 0.522. The second kappa shape index (κ2) is 8.15. The molecule has 0 N–H and O–H groups in total. The van der Waals surface area contributed by atoms with Crippen molar-refractivity contribution in [3.63, 3.8) is 0 Å². The molecule has 27 heavy (non-hydrogen) atoms. The van der Waals surface area contributed by atoms with Crippen LogP contribution in [0.15, 0.2) is 41.8 Å². The summed E-state index contributed by atoms with van der Waals surface area (Å²) in [5.41, 5.74) is 2.69. The summed E-state index contributed by atoms with van der Waals surface area (Å²) in [6.07, 6.45) is 4.68. The van der Waals surface area contributed by atoms with Crippen molar-refractivity contribution in [1.82, 2.24) is 9.80 Å². The number of nitrogens with zero attached hydrogens (tertiary/aromatic N) is 2. The molecule has 0 radical (unpaired) electrons. The Labute approximate surface area is 167 Å². The van der Waals surface area contributed by atoms with E-state index in [0.29, 0.717) is 30.5 Å². The van der Waals surface area contributed by atoms with Crippen LogP contribution >= 0.6 is 11.3 Å². The molecule has 1 atom stereocenters. The van der Waals surface area contributed by atoms with Crippen molar-refractivity contribution in [3.05, 3.63) is 57.8 Å². The van der Waals surface area contributed by atoms with Gasteiger partial charge in [-0.1, -0.05) is 44.2 Å². The predicted octanol–water partition coefficient (Wildman–Crippen LogP) is 5.20. The molecule has 2 heterocycles. The number of amides is 1. The van der Waals surface area contributed by atoms with Crippen LogP contribution in [0.1, 0.15) is 67.5 Å². The van der Waals surface area contributed by atoms with E-state index in [1.807, 2.05) is 0 Å². The van der Waals surface area contributed by atoms with Gasteiger partial charge in [0.1, 0.15) is 0 Å². The number of thiophene rings is 1. The third-order valence-corrected chi connectivity index (χ3v) is 6.85. The van der Waals surface area contributed by atoms with Gasteiger partial charge in [0.15, 0.2) is 0 Å². The van der Waals surface area contributed by atoms with E-state index in [4.69, 9.17) is 0 Å². The lowest BCUT2D eigenvalue weighted by molar-refractivity contribution is -0.133. The van der Waals surface area contributed by atoms with Gasteiger partial charge < -0.3 is 4.90 Å². The van der Waals surface area contributed by atoms with Crippen molar-refractivity contribution in [3.8, 4) is 0 Å². The van der Waals surface area contributed by atoms with E-state index in [1.54, 1.807) is 11.3 Å². The Morgan fingerprint density at radius 1 is 1.19 bits per heavy atom. The SMILES string of the molecule is CC(C)c1ccc(CN(CC(=O)N2CCCC2c2cccs2)C2CC2)cc1. The van der Waals surface area contributed by atoms with Gasteiger partial charge in [-0.2, -0.15) is 0 Å². The minimum absolute atomic E-state index is 0.295. The average molecular weight is 383 g/mol. The molecule has 2 aliphatic rings. The standard InChI is InChI=1S/C23H30N2OS/c1-17(2)19-9-7-18(8-10-19)15-24(20-11-12-20)16-23(26)25-13-3-5-21(25)22-6-4-14-27-22/h4,6-10,14,17,20-21H,3,5,11-13,15-16H2,1-2H3. The molecule has 2 fully saturated rings. The first-order valence-electron chi connectivity index (χ1n) is 10.3. The average Bonchev–Trinajstić information content (AvgIpc) is 3.16. The Bertz CT molecular complexity index is 749. The molecule has 0 bridgehead atoms. The highest BCUT2D eigenvalue weighted by Crippen LogP contribution is 2.35. The van der Waals surface area contributed by atoms with Crippen LogP contribution in [0, 0.1) is 0 Å². The summed E-state index contributed by atoms with van der Waals surface area (Å²) in [4.78, 5) is 19.0. The molecule has 1 aliphatic heterocycles. The van der Waals surface area contributed by atoms with E-state index in [2.05, 4.69) is 65.4 Å². The quantitative estimate of drug-likeness (QED) is 0.657. The van der Waals surface area contributed by atoms with Crippen LogP contribution in [0.4, 0.5) is 0 Å². The molecule has 1 aromatic heterocycles. The van der Waals surface area contributed by atoms with Crippen molar-refractivity contribution in [2.24, 2.45) is 0 Å². The van der Waals surface area contributed by atoms with Crippen molar-refractivity contribution in [2.75, 3.05) is 13.1 Å². The van der Waals surface area contributed by atoms with Gasteiger partial charge in [-0.25, -0.2) is 0 Å². The summed E-state index contributed by atoms with van der Waals surface area (Å²) in [5, 5.41) is 2.12. The lowest BCUT2D eigenvalue weighted by atomic mass is 10.0. The first-order chi connectivity index (χ1) is 13.1. The van der Waals surface area contributed by atoms with Gasteiger partial charge in [0.2, 0.25) is 5.91 Å². The number of carbonyl (C=O) groups is 1. The second-order valence-corrected chi connectivity index (χ2v) is 9.27. The number of hydrogen-bond donors (Lipinski definition) is 0. The molecule has 1 unspecified atom stereocenters. The maximum Gasteiger partial charge on any atom is 0.237 e. The number of rotatable bonds is 7. The second-order valence-electron chi connectivity index (χ2n) is 8.29. The summed E-state index contributed by atoms with van der Waals surface area (Å²) in [6.45, 7) is 6.79. The van der Waals surface area contributed by atoms with Crippen LogP contribution in [-0.2, 0) is 11.3 Å². The summed E-state index contributed by atoms with van der Waals surface area (Å²) in [7, 11) is 0. The highest BCUT2D eigenvalue weighted by atomic mass is 32.1. The Morgan fingerprint density at radius 3 is 2.59 bits per heavy atom. The highest BCUT2D eigenvalue weighted by molar-refractivity contribution is 7.10. The molecule has 4 heteroatoms. The zero-order chi connectivity index (χ0) is 18.8.